The topological polar surface area (TPSA) is 63.9 Å². The highest BCUT2D eigenvalue weighted by atomic mass is 19.4. The Bertz CT molecular complexity index is 743. The maximum Gasteiger partial charge on any atom is 0.408 e. The number of aromatic nitrogens is 4. The molecule has 0 N–H and O–H groups in total. The first-order valence-electron chi connectivity index (χ1n) is 7.65. The zero-order valence-corrected chi connectivity index (χ0v) is 13.0. The fourth-order valence-corrected chi connectivity index (χ4v) is 2.81. The number of nitrogens with zero attached hydrogens (tertiary/aromatic N) is 5. The van der Waals surface area contributed by atoms with E-state index in [1.807, 2.05) is 6.92 Å². The molecule has 3 heterocycles. The van der Waals surface area contributed by atoms with Crippen LogP contribution in [0.3, 0.4) is 0 Å². The van der Waals surface area contributed by atoms with Gasteiger partial charge in [-0.05, 0) is 25.0 Å². The standard InChI is InChI=1S/C15H16F3N5O/c1-2-12-20-9-23(21-12)10-5-3-7-19-13(10)14(24)22-8-4-6-11(22)15(16,17)18/h3,5,7,9,11H,2,4,6,8H2,1H3/t11-/m1/s1. The minimum absolute atomic E-state index is 0.0544. The number of amides is 1. The second-order valence-corrected chi connectivity index (χ2v) is 5.53. The van der Waals surface area contributed by atoms with Gasteiger partial charge in [-0.1, -0.05) is 6.92 Å². The number of carbonyl (C=O) groups excluding carboxylic acids is 1. The van der Waals surface area contributed by atoms with Crippen molar-refractivity contribution in [2.75, 3.05) is 6.54 Å². The summed E-state index contributed by atoms with van der Waals surface area (Å²) in [5.74, 6) is -0.162. The second-order valence-electron chi connectivity index (χ2n) is 5.53. The number of pyridine rings is 1. The minimum atomic E-state index is -4.44. The molecule has 1 amide bonds. The molecular formula is C15H16F3N5O. The van der Waals surface area contributed by atoms with Crippen LogP contribution in [-0.2, 0) is 6.42 Å². The fraction of sp³-hybridized carbons (Fsp3) is 0.467. The van der Waals surface area contributed by atoms with E-state index in [9.17, 15) is 18.0 Å². The molecule has 1 aliphatic heterocycles. The normalized spacial score (nSPS) is 18.2. The Hall–Kier alpha value is -2.45. The van der Waals surface area contributed by atoms with E-state index >= 15 is 0 Å². The number of hydrogen-bond acceptors (Lipinski definition) is 4. The van der Waals surface area contributed by atoms with Gasteiger partial charge in [0.25, 0.3) is 5.91 Å². The van der Waals surface area contributed by atoms with Gasteiger partial charge in [-0.2, -0.15) is 18.3 Å². The van der Waals surface area contributed by atoms with Crippen LogP contribution in [0.1, 0.15) is 36.1 Å². The first-order valence-corrected chi connectivity index (χ1v) is 7.65. The number of aryl methyl sites for hydroxylation is 1. The molecule has 0 saturated carbocycles. The van der Waals surface area contributed by atoms with Crippen LogP contribution in [0.2, 0.25) is 0 Å². The van der Waals surface area contributed by atoms with Crippen LogP contribution in [-0.4, -0.2) is 49.3 Å². The van der Waals surface area contributed by atoms with Crippen molar-refractivity contribution in [1.82, 2.24) is 24.6 Å². The van der Waals surface area contributed by atoms with Crippen molar-refractivity contribution < 1.29 is 18.0 Å². The number of halogens is 3. The lowest BCUT2D eigenvalue weighted by Gasteiger charge is -2.26. The molecule has 0 bridgehead atoms. The highest BCUT2D eigenvalue weighted by molar-refractivity contribution is 5.96. The Balaban J connectivity index is 1.96. The van der Waals surface area contributed by atoms with Gasteiger partial charge in [0.15, 0.2) is 11.5 Å². The van der Waals surface area contributed by atoms with Crippen LogP contribution in [0.5, 0.6) is 0 Å². The summed E-state index contributed by atoms with van der Waals surface area (Å²) in [6.45, 7) is 1.95. The summed E-state index contributed by atoms with van der Waals surface area (Å²) in [6, 6.07) is 1.43. The molecule has 3 rings (SSSR count). The lowest BCUT2D eigenvalue weighted by Crippen LogP contribution is -2.45. The molecule has 1 saturated heterocycles. The van der Waals surface area contributed by atoms with Crippen LogP contribution in [0, 0.1) is 0 Å². The van der Waals surface area contributed by atoms with Gasteiger partial charge in [0.05, 0.1) is 5.69 Å². The number of likely N-dealkylation sites (tertiary alicyclic amines) is 1. The fourth-order valence-electron chi connectivity index (χ4n) is 2.81. The summed E-state index contributed by atoms with van der Waals surface area (Å²) >= 11 is 0. The van der Waals surface area contributed by atoms with Crippen molar-refractivity contribution in [3.63, 3.8) is 0 Å². The summed E-state index contributed by atoms with van der Waals surface area (Å²) in [5.41, 5.74) is 0.267. The third-order valence-electron chi connectivity index (χ3n) is 3.98. The third kappa shape index (κ3) is 2.98. The van der Waals surface area contributed by atoms with E-state index in [4.69, 9.17) is 0 Å². The summed E-state index contributed by atoms with van der Waals surface area (Å²) in [7, 11) is 0. The molecule has 1 aliphatic rings. The van der Waals surface area contributed by atoms with E-state index in [0.717, 1.165) is 4.90 Å². The first kappa shape index (κ1) is 16.4. The van der Waals surface area contributed by atoms with E-state index < -0.39 is 18.1 Å². The van der Waals surface area contributed by atoms with E-state index in [0.29, 0.717) is 24.4 Å². The van der Waals surface area contributed by atoms with Crippen LogP contribution >= 0.6 is 0 Å². The molecule has 0 aromatic carbocycles. The Morgan fingerprint density at radius 2 is 2.17 bits per heavy atom. The Labute approximate surface area is 136 Å². The van der Waals surface area contributed by atoms with Gasteiger partial charge in [0.1, 0.15) is 12.4 Å². The quantitative estimate of drug-likeness (QED) is 0.861. The molecule has 0 aliphatic carbocycles. The number of carbonyl (C=O) groups is 1. The maximum atomic E-state index is 13.1. The van der Waals surface area contributed by atoms with Gasteiger partial charge in [-0.15, -0.1) is 0 Å². The molecule has 1 atom stereocenters. The average Bonchev–Trinajstić information content (AvgIpc) is 3.22. The first-order chi connectivity index (χ1) is 11.4. The highest BCUT2D eigenvalue weighted by Gasteiger charge is 2.48. The highest BCUT2D eigenvalue weighted by Crippen LogP contribution is 2.33. The van der Waals surface area contributed by atoms with Gasteiger partial charge in [0, 0.05) is 19.2 Å². The smallest absolute Gasteiger partial charge is 0.325 e. The molecule has 9 heteroatoms. The van der Waals surface area contributed by atoms with Crippen molar-refractivity contribution in [3.05, 3.63) is 36.2 Å². The summed E-state index contributed by atoms with van der Waals surface area (Å²) in [4.78, 5) is 21.6. The summed E-state index contributed by atoms with van der Waals surface area (Å²) in [5, 5.41) is 4.21. The lowest BCUT2D eigenvalue weighted by atomic mass is 10.2. The molecule has 6 nitrogen and oxygen atoms in total. The van der Waals surface area contributed by atoms with Gasteiger partial charge in [-0.25, -0.2) is 14.6 Å². The minimum Gasteiger partial charge on any atom is -0.325 e. The number of alkyl halides is 3. The van der Waals surface area contributed by atoms with Crippen LogP contribution in [0.25, 0.3) is 5.69 Å². The van der Waals surface area contributed by atoms with Crippen molar-refractivity contribution >= 4 is 5.91 Å². The zero-order valence-electron chi connectivity index (χ0n) is 13.0. The van der Waals surface area contributed by atoms with Gasteiger partial charge < -0.3 is 4.90 Å². The molecule has 0 spiro atoms. The van der Waals surface area contributed by atoms with Crippen LogP contribution in [0.4, 0.5) is 13.2 Å². The largest absolute Gasteiger partial charge is 0.408 e. The molecule has 2 aromatic rings. The predicted octanol–water partition coefficient (Wildman–Crippen LogP) is 2.39. The molecule has 0 radical (unpaired) electrons. The predicted molar refractivity (Wildman–Crippen MR) is 78.6 cm³/mol. The summed E-state index contributed by atoms with van der Waals surface area (Å²) in [6.07, 6.45) is -0.782. The van der Waals surface area contributed by atoms with Gasteiger partial charge in [-0.3, -0.25) is 4.79 Å². The SMILES string of the molecule is CCc1ncn(-c2cccnc2C(=O)N2CCC[C@@H]2C(F)(F)F)n1. The van der Waals surface area contributed by atoms with Crippen molar-refractivity contribution in [2.45, 2.75) is 38.4 Å². The molecular weight excluding hydrogens is 323 g/mol. The second kappa shape index (κ2) is 6.21. The van der Waals surface area contributed by atoms with Gasteiger partial charge >= 0.3 is 6.18 Å². The Morgan fingerprint density at radius 1 is 1.38 bits per heavy atom. The van der Waals surface area contributed by atoms with Crippen molar-refractivity contribution in [3.8, 4) is 5.69 Å². The number of hydrogen-bond donors (Lipinski definition) is 0. The average molecular weight is 339 g/mol. The zero-order chi connectivity index (χ0) is 17.3. The Kier molecular flexibility index (Phi) is 4.25. The van der Waals surface area contributed by atoms with E-state index in [1.54, 1.807) is 12.1 Å². The monoisotopic (exact) mass is 339 g/mol. The van der Waals surface area contributed by atoms with Crippen molar-refractivity contribution in [1.29, 1.82) is 0 Å². The van der Waals surface area contributed by atoms with E-state index in [1.165, 1.54) is 17.2 Å². The van der Waals surface area contributed by atoms with Crippen molar-refractivity contribution in [2.24, 2.45) is 0 Å². The maximum absolute atomic E-state index is 13.1. The number of rotatable bonds is 3. The lowest BCUT2D eigenvalue weighted by molar-refractivity contribution is -0.169. The van der Waals surface area contributed by atoms with E-state index in [2.05, 4.69) is 15.1 Å². The van der Waals surface area contributed by atoms with E-state index in [-0.39, 0.29) is 18.7 Å². The molecule has 2 aromatic heterocycles. The summed E-state index contributed by atoms with van der Waals surface area (Å²) < 4.78 is 40.7. The molecule has 24 heavy (non-hydrogen) atoms. The van der Waals surface area contributed by atoms with Crippen LogP contribution in [0.15, 0.2) is 24.7 Å². The molecule has 128 valence electrons. The van der Waals surface area contributed by atoms with Gasteiger partial charge in [0.2, 0.25) is 0 Å². The molecule has 1 fully saturated rings. The molecule has 0 unspecified atom stereocenters. The Morgan fingerprint density at radius 3 is 2.83 bits per heavy atom. The third-order valence-corrected chi connectivity index (χ3v) is 3.98. The van der Waals surface area contributed by atoms with Crippen LogP contribution < -0.4 is 0 Å².